The number of hydrogen-bond acceptors (Lipinski definition) is 2. The largest absolute Gasteiger partial charge is 0.246 e. The second-order valence-electron chi connectivity index (χ2n) is 4.18. The molecule has 1 aromatic carbocycles. The maximum Gasteiger partial charge on any atom is 0.246 e. The van der Waals surface area contributed by atoms with E-state index in [1.54, 1.807) is 0 Å². The fourth-order valence-corrected chi connectivity index (χ4v) is 4.15. The summed E-state index contributed by atoms with van der Waals surface area (Å²) in [7, 11) is -3.70. The summed E-state index contributed by atoms with van der Waals surface area (Å²) in [6.07, 6.45) is 1.66. The van der Waals surface area contributed by atoms with Crippen LogP contribution in [0, 0.1) is 5.82 Å². The van der Waals surface area contributed by atoms with Gasteiger partial charge in [-0.25, -0.2) is 12.8 Å². The van der Waals surface area contributed by atoms with Gasteiger partial charge in [-0.1, -0.05) is 15.9 Å². The van der Waals surface area contributed by atoms with Crippen molar-refractivity contribution >= 4 is 26.0 Å². The smallest absolute Gasteiger partial charge is 0.207 e. The van der Waals surface area contributed by atoms with Gasteiger partial charge in [0.25, 0.3) is 0 Å². The van der Waals surface area contributed by atoms with Gasteiger partial charge in [-0.2, -0.15) is 4.31 Å². The minimum Gasteiger partial charge on any atom is -0.207 e. The molecular weight excluding hydrogens is 309 g/mol. The molecule has 0 saturated carbocycles. The molecule has 1 saturated heterocycles. The Morgan fingerprint density at radius 3 is 2.71 bits per heavy atom. The predicted octanol–water partition coefficient (Wildman–Crippen LogP) is 2.76. The number of halogens is 2. The van der Waals surface area contributed by atoms with Gasteiger partial charge in [0.1, 0.15) is 10.7 Å². The molecule has 0 N–H and O–H groups in total. The molecule has 0 bridgehead atoms. The van der Waals surface area contributed by atoms with E-state index in [9.17, 15) is 12.8 Å². The zero-order valence-corrected chi connectivity index (χ0v) is 11.8. The van der Waals surface area contributed by atoms with Crippen LogP contribution in [0.15, 0.2) is 27.6 Å². The van der Waals surface area contributed by atoms with Crippen LogP contribution in [0.2, 0.25) is 0 Å². The Kier molecular flexibility index (Phi) is 3.56. The van der Waals surface area contributed by atoms with Gasteiger partial charge in [0.15, 0.2) is 0 Å². The second kappa shape index (κ2) is 4.66. The maximum absolute atomic E-state index is 13.7. The first-order valence-electron chi connectivity index (χ1n) is 5.40. The molecule has 1 aliphatic heterocycles. The number of hydrogen-bond donors (Lipinski definition) is 0. The number of rotatable bonds is 2. The van der Waals surface area contributed by atoms with Gasteiger partial charge in [0, 0.05) is 17.1 Å². The average Bonchev–Trinajstić information content (AvgIpc) is 2.64. The fourth-order valence-electron chi connectivity index (χ4n) is 2.07. The van der Waals surface area contributed by atoms with E-state index in [2.05, 4.69) is 15.9 Å². The summed E-state index contributed by atoms with van der Waals surface area (Å²) in [5, 5.41) is 0. The van der Waals surface area contributed by atoms with Gasteiger partial charge in [0.2, 0.25) is 10.0 Å². The van der Waals surface area contributed by atoms with Gasteiger partial charge in [-0.3, -0.25) is 0 Å². The van der Waals surface area contributed by atoms with Crippen LogP contribution in [0.1, 0.15) is 19.8 Å². The number of sulfonamides is 1. The molecule has 3 nitrogen and oxygen atoms in total. The topological polar surface area (TPSA) is 37.4 Å². The fraction of sp³-hybridized carbons (Fsp3) is 0.455. The predicted molar refractivity (Wildman–Crippen MR) is 66.7 cm³/mol. The molecule has 0 amide bonds. The SMILES string of the molecule is CC1CCCN1S(=O)(=O)c1ccc(Br)cc1F. The van der Waals surface area contributed by atoms with Crippen molar-refractivity contribution in [3.63, 3.8) is 0 Å². The van der Waals surface area contributed by atoms with E-state index in [1.165, 1.54) is 22.5 Å². The molecule has 1 fully saturated rings. The van der Waals surface area contributed by atoms with Crippen molar-refractivity contribution < 1.29 is 12.8 Å². The van der Waals surface area contributed by atoms with E-state index in [4.69, 9.17) is 0 Å². The minimum atomic E-state index is -3.70. The Balaban J connectivity index is 2.44. The Labute approximate surface area is 109 Å². The van der Waals surface area contributed by atoms with E-state index in [0.29, 0.717) is 11.0 Å². The van der Waals surface area contributed by atoms with Crippen molar-refractivity contribution in [1.29, 1.82) is 0 Å². The highest BCUT2D eigenvalue weighted by Gasteiger charge is 2.34. The van der Waals surface area contributed by atoms with Crippen molar-refractivity contribution in [2.75, 3.05) is 6.54 Å². The minimum absolute atomic E-state index is 0.0527. The number of nitrogens with zero attached hydrogens (tertiary/aromatic N) is 1. The van der Waals surface area contributed by atoms with E-state index >= 15 is 0 Å². The van der Waals surface area contributed by atoms with Crippen LogP contribution in [0.4, 0.5) is 4.39 Å². The summed E-state index contributed by atoms with van der Waals surface area (Å²) >= 11 is 3.11. The lowest BCUT2D eigenvalue weighted by Gasteiger charge is -2.21. The molecule has 94 valence electrons. The first-order valence-corrected chi connectivity index (χ1v) is 7.63. The molecule has 1 unspecified atom stereocenters. The molecule has 6 heteroatoms. The Morgan fingerprint density at radius 2 is 2.18 bits per heavy atom. The van der Waals surface area contributed by atoms with Crippen LogP contribution in [-0.4, -0.2) is 25.3 Å². The summed E-state index contributed by atoms with van der Waals surface area (Å²) in [4.78, 5) is -0.241. The molecule has 0 radical (unpaired) electrons. The highest BCUT2D eigenvalue weighted by Crippen LogP contribution is 2.28. The normalized spacial score (nSPS) is 21.9. The van der Waals surface area contributed by atoms with E-state index < -0.39 is 15.8 Å². The van der Waals surface area contributed by atoms with E-state index in [0.717, 1.165) is 12.8 Å². The molecular formula is C11H13BrFNO2S. The van der Waals surface area contributed by atoms with E-state index in [1.807, 2.05) is 6.92 Å². The third kappa shape index (κ3) is 2.39. The monoisotopic (exact) mass is 321 g/mol. The molecule has 0 aromatic heterocycles. The summed E-state index contributed by atoms with van der Waals surface area (Å²) in [5.74, 6) is -0.710. The van der Waals surface area contributed by atoms with Crippen molar-refractivity contribution in [3.05, 3.63) is 28.5 Å². The third-order valence-electron chi connectivity index (χ3n) is 2.97. The average molecular weight is 322 g/mol. The van der Waals surface area contributed by atoms with Crippen LogP contribution in [0.5, 0.6) is 0 Å². The summed E-state index contributed by atoms with van der Waals surface area (Å²) in [6.45, 7) is 2.32. The molecule has 2 rings (SSSR count). The highest BCUT2D eigenvalue weighted by molar-refractivity contribution is 9.10. The van der Waals surface area contributed by atoms with Crippen molar-refractivity contribution in [3.8, 4) is 0 Å². The van der Waals surface area contributed by atoms with Gasteiger partial charge < -0.3 is 0 Å². The molecule has 1 atom stereocenters. The quantitative estimate of drug-likeness (QED) is 0.840. The molecule has 1 aliphatic rings. The highest BCUT2D eigenvalue weighted by atomic mass is 79.9. The van der Waals surface area contributed by atoms with Crippen LogP contribution in [0.3, 0.4) is 0 Å². The lowest BCUT2D eigenvalue weighted by molar-refractivity contribution is 0.405. The molecule has 0 aliphatic carbocycles. The summed E-state index contributed by atoms with van der Waals surface area (Å²) in [5.41, 5.74) is 0. The summed E-state index contributed by atoms with van der Waals surface area (Å²) in [6, 6.07) is 3.97. The van der Waals surface area contributed by atoms with Crippen LogP contribution >= 0.6 is 15.9 Å². The van der Waals surface area contributed by atoms with Gasteiger partial charge >= 0.3 is 0 Å². The lowest BCUT2D eigenvalue weighted by atomic mass is 10.3. The first-order chi connectivity index (χ1) is 7.93. The molecule has 0 spiro atoms. The van der Waals surface area contributed by atoms with Crippen LogP contribution < -0.4 is 0 Å². The van der Waals surface area contributed by atoms with Crippen LogP contribution in [0.25, 0.3) is 0 Å². The van der Waals surface area contributed by atoms with Crippen molar-refractivity contribution in [1.82, 2.24) is 4.31 Å². The van der Waals surface area contributed by atoms with Gasteiger partial charge in [-0.15, -0.1) is 0 Å². The Hall–Kier alpha value is -0.460. The Morgan fingerprint density at radius 1 is 1.47 bits per heavy atom. The second-order valence-corrected chi connectivity index (χ2v) is 6.96. The molecule has 1 heterocycles. The zero-order valence-electron chi connectivity index (χ0n) is 9.36. The third-order valence-corrected chi connectivity index (χ3v) is 5.51. The number of benzene rings is 1. The summed E-state index contributed by atoms with van der Waals surface area (Å²) < 4.78 is 40.1. The van der Waals surface area contributed by atoms with Gasteiger partial charge in [-0.05, 0) is 38.0 Å². The lowest BCUT2D eigenvalue weighted by Crippen LogP contribution is -2.34. The zero-order chi connectivity index (χ0) is 12.6. The van der Waals surface area contributed by atoms with E-state index in [-0.39, 0.29) is 10.9 Å². The molecule has 1 aromatic rings. The van der Waals surface area contributed by atoms with Crippen molar-refractivity contribution in [2.24, 2.45) is 0 Å². The standard InChI is InChI=1S/C11H13BrFNO2S/c1-8-3-2-6-14(8)17(15,16)11-5-4-9(12)7-10(11)13/h4-5,7-8H,2-3,6H2,1H3. The van der Waals surface area contributed by atoms with Crippen LogP contribution in [-0.2, 0) is 10.0 Å². The maximum atomic E-state index is 13.7. The first kappa shape index (κ1) is 13.0. The van der Waals surface area contributed by atoms with Gasteiger partial charge in [0.05, 0.1) is 0 Å². The van der Waals surface area contributed by atoms with Crippen molar-refractivity contribution in [2.45, 2.75) is 30.7 Å². The molecule has 17 heavy (non-hydrogen) atoms. The Bertz CT molecular complexity index is 532.